The fourth-order valence-corrected chi connectivity index (χ4v) is 3.17. The van der Waals surface area contributed by atoms with Crippen LogP contribution in [0.25, 0.3) is 0 Å². The average molecular weight is 347 g/mol. The predicted octanol–water partition coefficient (Wildman–Crippen LogP) is 1.30. The van der Waals surface area contributed by atoms with Gasteiger partial charge in [0.05, 0.1) is 6.54 Å². The van der Waals surface area contributed by atoms with E-state index in [0.29, 0.717) is 23.8 Å². The third-order valence-corrected chi connectivity index (χ3v) is 4.33. The molecule has 0 aliphatic carbocycles. The molecule has 1 saturated heterocycles. The van der Waals surface area contributed by atoms with Crippen molar-refractivity contribution in [1.29, 1.82) is 0 Å². The number of carbonyl (C=O) groups excluding carboxylic acids is 1. The van der Waals surface area contributed by atoms with Crippen LogP contribution in [-0.2, 0) is 11.3 Å². The molecule has 0 radical (unpaired) electrons. The molecule has 2 heterocycles. The number of primary amides is 1. The van der Waals surface area contributed by atoms with Gasteiger partial charge in [-0.3, -0.25) is 15.0 Å². The Hall–Kier alpha value is -2.32. The maximum atomic E-state index is 13.1. The lowest BCUT2D eigenvalue weighted by atomic mass is 10.0. The number of nitrogens with one attached hydrogen (secondary N) is 1. The first-order chi connectivity index (χ1) is 12.0. The van der Waals surface area contributed by atoms with Crippen LogP contribution in [0.1, 0.15) is 36.2 Å². The molecule has 7 nitrogen and oxygen atoms in total. The number of aryl methyl sites for hydroxylation is 1. The highest BCUT2D eigenvalue weighted by Crippen LogP contribution is 2.19. The van der Waals surface area contributed by atoms with Gasteiger partial charge in [0.2, 0.25) is 11.8 Å². The summed E-state index contributed by atoms with van der Waals surface area (Å²) in [7, 11) is 0. The Labute approximate surface area is 145 Å². The zero-order valence-electron chi connectivity index (χ0n) is 14.1. The molecule has 0 bridgehead atoms. The molecule has 25 heavy (non-hydrogen) atoms. The van der Waals surface area contributed by atoms with Crippen LogP contribution in [0, 0.1) is 12.7 Å². The highest BCUT2D eigenvalue weighted by Gasteiger charge is 2.26. The number of nitrogens with zero attached hydrogens (tertiary/aromatic N) is 3. The van der Waals surface area contributed by atoms with Gasteiger partial charge in [0, 0.05) is 19.5 Å². The number of nitrogens with two attached hydrogens (primary N) is 1. The summed E-state index contributed by atoms with van der Waals surface area (Å²) in [5.74, 6) is 0.388. The number of hydrogen-bond acceptors (Lipinski definition) is 6. The quantitative estimate of drug-likeness (QED) is 0.817. The van der Waals surface area contributed by atoms with Crippen molar-refractivity contribution in [3.8, 4) is 0 Å². The van der Waals surface area contributed by atoms with Crippen LogP contribution in [0.15, 0.2) is 28.8 Å². The van der Waals surface area contributed by atoms with Gasteiger partial charge < -0.3 is 10.3 Å². The molecule has 1 aromatic carbocycles. The molecule has 1 aliphatic heterocycles. The van der Waals surface area contributed by atoms with Crippen molar-refractivity contribution in [2.24, 2.45) is 5.73 Å². The smallest absolute Gasteiger partial charge is 0.239 e. The Bertz CT molecular complexity index is 718. The van der Waals surface area contributed by atoms with Crippen LogP contribution < -0.4 is 11.1 Å². The van der Waals surface area contributed by atoms with Crippen molar-refractivity contribution in [1.82, 2.24) is 20.4 Å². The standard InChI is InChI=1S/C17H22FN5O2/c1-11-20-15(22-25-11)10-23-8-2-3-14(9-23)21-16(17(19)24)12-4-6-13(18)7-5-12/h4-7,14,16,21H,2-3,8-10H2,1H3,(H2,19,24)/t14-,16+/m0/s1. The number of carbonyl (C=O) groups is 1. The molecule has 1 fully saturated rings. The average Bonchev–Trinajstić information content (AvgIpc) is 2.99. The van der Waals surface area contributed by atoms with E-state index < -0.39 is 11.9 Å². The van der Waals surface area contributed by atoms with Crippen LogP contribution in [0.2, 0.25) is 0 Å². The molecule has 2 aromatic rings. The second kappa shape index (κ2) is 7.71. The van der Waals surface area contributed by atoms with Crippen LogP contribution in [0.4, 0.5) is 4.39 Å². The lowest BCUT2D eigenvalue weighted by Gasteiger charge is -2.34. The molecule has 2 atom stereocenters. The van der Waals surface area contributed by atoms with E-state index in [1.807, 2.05) is 0 Å². The van der Waals surface area contributed by atoms with Crippen LogP contribution in [-0.4, -0.2) is 40.1 Å². The summed E-state index contributed by atoms with van der Waals surface area (Å²) in [4.78, 5) is 18.3. The Morgan fingerprint density at radius 3 is 2.88 bits per heavy atom. The largest absolute Gasteiger partial charge is 0.368 e. The Balaban J connectivity index is 1.63. The van der Waals surface area contributed by atoms with E-state index in [1.165, 1.54) is 12.1 Å². The van der Waals surface area contributed by atoms with Gasteiger partial charge >= 0.3 is 0 Å². The second-order valence-corrected chi connectivity index (χ2v) is 6.36. The molecule has 0 saturated carbocycles. The highest BCUT2D eigenvalue weighted by atomic mass is 19.1. The summed E-state index contributed by atoms with van der Waals surface area (Å²) in [6.45, 7) is 4.05. The topological polar surface area (TPSA) is 97.3 Å². The predicted molar refractivity (Wildman–Crippen MR) is 88.8 cm³/mol. The molecule has 0 unspecified atom stereocenters. The number of piperidine rings is 1. The highest BCUT2D eigenvalue weighted by molar-refractivity contribution is 5.81. The van der Waals surface area contributed by atoms with Crippen LogP contribution in [0.3, 0.4) is 0 Å². The number of likely N-dealkylation sites (tertiary alicyclic amines) is 1. The van der Waals surface area contributed by atoms with Crippen LogP contribution >= 0.6 is 0 Å². The summed E-state index contributed by atoms with van der Waals surface area (Å²) >= 11 is 0. The number of halogens is 1. The van der Waals surface area contributed by atoms with Crippen molar-refractivity contribution in [2.45, 2.75) is 38.4 Å². The van der Waals surface area contributed by atoms with E-state index in [1.54, 1.807) is 19.1 Å². The SMILES string of the molecule is Cc1nc(CN2CCC[C@H](N[C@@H](C(N)=O)c3ccc(F)cc3)C2)no1. The van der Waals surface area contributed by atoms with Gasteiger partial charge in [-0.05, 0) is 37.1 Å². The van der Waals surface area contributed by atoms with Crippen molar-refractivity contribution in [3.05, 3.63) is 47.4 Å². The van der Waals surface area contributed by atoms with E-state index >= 15 is 0 Å². The third kappa shape index (κ3) is 4.61. The van der Waals surface area contributed by atoms with Crippen molar-refractivity contribution >= 4 is 5.91 Å². The molecule has 1 aliphatic rings. The minimum atomic E-state index is -0.641. The van der Waals surface area contributed by atoms with E-state index in [0.717, 1.165) is 25.9 Å². The molecular weight excluding hydrogens is 325 g/mol. The zero-order chi connectivity index (χ0) is 17.8. The summed E-state index contributed by atoms with van der Waals surface area (Å²) < 4.78 is 18.1. The van der Waals surface area contributed by atoms with Gasteiger partial charge in [0.25, 0.3) is 0 Å². The Morgan fingerprint density at radius 1 is 1.48 bits per heavy atom. The first-order valence-electron chi connectivity index (χ1n) is 8.33. The Morgan fingerprint density at radius 2 is 2.24 bits per heavy atom. The molecule has 8 heteroatoms. The molecule has 3 rings (SSSR count). The number of benzene rings is 1. The lowest BCUT2D eigenvalue weighted by Crippen LogP contribution is -2.49. The molecule has 3 N–H and O–H groups in total. The second-order valence-electron chi connectivity index (χ2n) is 6.36. The molecule has 1 aromatic heterocycles. The minimum Gasteiger partial charge on any atom is -0.368 e. The first kappa shape index (κ1) is 17.5. The number of aromatic nitrogens is 2. The summed E-state index contributed by atoms with van der Waals surface area (Å²) in [6, 6.07) is 5.29. The molecule has 0 spiro atoms. The van der Waals surface area contributed by atoms with Gasteiger partial charge in [0.1, 0.15) is 11.9 Å². The number of rotatable bonds is 6. The fraction of sp³-hybridized carbons (Fsp3) is 0.471. The number of hydrogen-bond donors (Lipinski definition) is 2. The van der Waals surface area contributed by atoms with Gasteiger partial charge in [0.15, 0.2) is 5.82 Å². The fourth-order valence-electron chi connectivity index (χ4n) is 3.17. The third-order valence-electron chi connectivity index (χ3n) is 4.33. The van der Waals surface area contributed by atoms with Gasteiger partial charge in [-0.1, -0.05) is 17.3 Å². The van der Waals surface area contributed by atoms with Crippen molar-refractivity contribution < 1.29 is 13.7 Å². The monoisotopic (exact) mass is 347 g/mol. The van der Waals surface area contributed by atoms with E-state index in [9.17, 15) is 9.18 Å². The van der Waals surface area contributed by atoms with Crippen molar-refractivity contribution in [3.63, 3.8) is 0 Å². The van der Waals surface area contributed by atoms with Gasteiger partial charge in [-0.25, -0.2) is 4.39 Å². The van der Waals surface area contributed by atoms with Gasteiger partial charge in [-0.15, -0.1) is 0 Å². The number of amides is 1. The van der Waals surface area contributed by atoms with Crippen LogP contribution in [0.5, 0.6) is 0 Å². The summed E-state index contributed by atoms with van der Waals surface area (Å²) in [5.41, 5.74) is 6.21. The Kier molecular flexibility index (Phi) is 5.40. The normalized spacial score (nSPS) is 19.7. The minimum absolute atomic E-state index is 0.101. The summed E-state index contributed by atoms with van der Waals surface area (Å²) in [5, 5.41) is 7.23. The van der Waals surface area contributed by atoms with E-state index in [-0.39, 0.29) is 11.9 Å². The van der Waals surface area contributed by atoms with Gasteiger partial charge in [-0.2, -0.15) is 4.98 Å². The maximum Gasteiger partial charge on any atom is 0.239 e. The zero-order valence-corrected chi connectivity index (χ0v) is 14.1. The molecular formula is C17H22FN5O2. The van der Waals surface area contributed by atoms with E-state index in [4.69, 9.17) is 10.3 Å². The first-order valence-corrected chi connectivity index (χ1v) is 8.33. The molecule has 1 amide bonds. The molecule has 134 valence electrons. The maximum absolute atomic E-state index is 13.1. The lowest BCUT2D eigenvalue weighted by molar-refractivity contribution is -0.120. The van der Waals surface area contributed by atoms with E-state index in [2.05, 4.69) is 20.4 Å². The van der Waals surface area contributed by atoms with Crippen molar-refractivity contribution in [2.75, 3.05) is 13.1 Å². The summed E-state index contributed by atoms with van der Waals surface area (Å²) in [6.07, 6.45) is 1.93.